The molecule has 1 rings (SSSR count). The van der Waals surface area contributed by atoms with Gasteiger partial charge < -0.3 is 0 Å². The minimum atomic E-state index is -0.255. The van der Waals surface area contributed by atoms with Crippen molar-refractivity contribution >= 4 is 0 Å². The average molecular weight is 213 g/mol. The highest BCUT2D eigenvalue weighted by Gasteiger charge is 2.19. The van der Waals surface area contributed by atoms with E-state index in [0.717, 1.165) is 5.56 Å². The van der Waals surface area contributed by atoms with Crippen LogP contribution in [-0.4, -0.2) is 17.0 Å². The highest BCUT2D eigenvalue weighted by atomic mass is 15.2. The summed E-state index contributed by atoms with van der Waals surface area (Å²) < 4.78 is 0. The zero-order chi connectivity index (χ0) is 12.0. The maximum atomic E-state index is 8.93. The number of nitrogens with zero attached hydrogens (tertiary/aromatic N) is 3. The lowest BCUT2D eigenvalue weighted by atomic mass is 10.1. The topological polar surface area (TPSA) is 50.8 Å². The van der Waals surface area contributed by atoms with Gasteiger partial charge in [-0.15, -0.1) is 0 Å². The Morgan fingerprint density at radius 1 is 1.06 bits per heavy atom. The molecule has 2 unspecified atom stereocenters. The molecule has 3 heteroatoms. The van der Waals surface area contributed by atoms with E-state index >= 15 is 0 Å². The fourth-order valence-electron chi connectivity index (χ4n) is 1.55. The van der Waals surface area contributed by atoms with Crippen LogP contribution in [0.2, 0.25) is 0 Å². The molecule has 0 aromatic heterocycles. The molecular weight excluding hydrogens is 198 g/mol. The van der Waals surface area contributed by atoms with Gasteiger partial charge in [-0.1, -0.05) is 30.3 Å². The Morgan fingerprint density at radius 2 is 1.56 bits per heavy atom. The van der Waals surface area contributed by atoms with Crippen molar-refractivity contribution in [1.29, 1.82) is 10.5 Å². The molecule has 1 aromatic rings. The van der Waals surface area contributed by atoms with Crippen molar-refractivity contribution in [2.45, 2.75) is 32.5 Å². The Labute approximate surface area is 96.5 Å². The second-order valence-corrected chi connectivity index (χ2v) is 3.77. The largest absolute Gasteiger partial charge is 0.268 e. The van der Waals surface area contributed by atoms with Crippen molar-refractivity contribution in [3.05, 3.63) is 35.9 Å². The second-order valence-electron chi connectivity index (χ2n) is 3.77. The summed E-state index contributed by atoms with van der Waals surface area (Å²) in [7, 11) is 0. The summed E-state index contributed by atoms with van der Waals surface area (Å²) >= 11 is 0. The Kier molecular flexibility index (Phi) is 4.51. The molecule has 0 bridgehead atoms. The fourth-order valence-corrected chi connectivity index (χ4v) is 1.55. The SMILES string of the molecule is CC(C#N)N(Cc1ccccc1)C(C)C#N. The normalized spacial score (nSPS) is 13.8. The van der Waals surface area contributed by atoms with Crippen molar-refractivity contribution in [3.8, 4) is 12.1 Å². The van der Waals surface area contributed by atoms with Crippen molar-refractivity contribution in [2.75, 3.05) is 0 Å². The summed E-state index contributed by atoms with van der Waals surface area (Å²) in [5, 5.41) is 17.9. The molecule has 0 aliphatic carbocycles. The lowest BCUT2D eigenvalue weighted by molar-refractivity contribution is 0.209. The molecule has 82 valence electrons. The van der Waals surface area contributed by atoms with Crippen LogP contribution < -0.4 is 0 Å². The van der Waals surface area contributed by atoms with Crippen LogP contribution >= 0.6 is 0 Å². The summed E-state index contributed by atoms with van der Waals surface area (Å²) in [5.74, 6) is 0. The molecule has 0 fully saturated rings. The average Bonchev–Trinajstić information content (AvgIpc) is 2.35. The maximum absolute atomic E-state index is 8.93. The molecule has 0 amide bonds. The second kappa shape index (κ2) is 5.90. The zero-order valence-electron chi connectivity index (χ0n) is 9.59. The van der Waals surface area contributed by atoms with Crippen LogP contribution in [0.3, 0.4) is 0 Å². The van der Waals surface area contributed by atoms with Gasteiger partial charge in [-0.05, 0) is 19.4 Å². The molecule has 0 N–H and O–H groups in total. The molecule has 3 nitrogen and oxygen atoms in total. The summed E-state index contributed by atoms with van der Waals surface area (Å²) in [6, 6.07) is 13.7. The molecule has 2 atom stereocenters. The maximum Gasteiger partial charge on any atom is 0.0962 e. The van der Waals surface area contributed by atoms with Gasteiger partial charge in [-0.2, -0.15) is 10.5 Å². The first-order valence-electron chi connectivity index (χ1n) is 5.28. The number of benzene rings is 1. The molecule has 0 aliphatic rings. The summed E-state index contributed by atoms with van der Waals surface area (Å²) in [5.41, 5.74) is 1.12. The molecule has 0 aliphatic heterocycles. The monoisotopic (exact) mass is 213 g/mol. The van der Waals surface area contributed by atoms with E-state index in [1.807, 2.05) is 49.1 Å². The van der Waals surface area contributed by atoms with Crippen molar-refractivity contribution in [1.82, 2.24) is 4.90 Å². The molecule has 16 heavy (non-hydrogen) atoms. The van der Waals surface area contributed by atoms with E-state index in [1.54, 1.807) is 0 Å². The minimum absolute atomic E-state index is 0.255. The van der Waals surface area contributed by atoms with E-state index in [1.165, 1.54) is 0 Å². The van der Waals surface area contributed by atoms with Crippen molar-refractivity contribution < 1.29 is 0 Å². The molecule has 0 radical (unpaired) electrons. The Morgan fingerprint density at radius 3 is 2.00 bits per heavy atom. The van der Waals surface area contributed by atoms with E-state index in [-0.39, 0.29) is 12.1 Å². The van der Waals surface area contributed by atoms with Crippen LogP contribution in [0.4, 0.5) is 0 Å². The first-order valence-corrected chi connectivity index (χ1v) is 5.28. The molecule has 0 heterocycles. The summed E-state index contributed by atoms with van der Waals surface area (Å²) in [6.45, 7) is 4.26. The van der Waals surface area contributed by atoms with Crippen LogP contribution in [0.1, 0.15) is 19.4 Å². The summed E-state index contributed by atoms with van der Waals surface area (Å²) in [4.78, 5) is 1.88. The van der Waals surface area contributed by atoms with Crippen molar-refractivity contribution in [2.24, 2.45) is 0 Å². The molecule has 0 spiro atoms. The number of rotatable bonds is 4. The van der Waals surface area contributed by atoms with Gasteiger partial charge in [0, 0.05) is 6.54 Å². The smallest absolute Gasteiger partial charge is 0.0962 e. The van der Waals surface area contributed by atoms with Gasteiger partial charge in [0.25, 0.3) is 0 Å². The lowest BCUT2D eigenvalue weighted by Gasteiger charge is -2.26. The highest BCUT2D eigenvalue weighted by Crippen LogP contribution is 2.11. The number of nitriles is 2. The van der Waals surface area contributed by atoms with Crippen LogP contribution in [0.5, 0.6) is 0 Å². The van der Waals surface area contributed by atoms with Gasteiger partial charge in [0.2, 0.25) is 0 Å². The first-order chi connectivity index (χ1) is 7.69. The lowest BCUT2D eigenvalue weighted by Crippen LogP contribution is -2.38. The Balaban J connectivity index is 2.81. The Bertz CT molecular complexity index is 379. The van der Waals surface area contributed by atoms with Crippen LogP contribution in [0, 0.1) is 22.7 Å². The van der Waals surface area contributed by atoms with Crippen LogP contribution in [0.25, 0.3) is 0 Å². The highest BCUT2D eigenvalue weighted by molar-refractivity contribution is 5.15. The minimum Gasteiger partial charge on any atom is -0.268 e. The van der Waals surface area contributed by atoms with Gasteiger partial charge in [-0.25, -0.2) is 0 Å². The van der Waals surface area contributed by atoms with Gasteiger partial charge in [0.1, 0.15) is 0 Å². The van der Waals surface area contributed by atoms with Gasteiger partial charge in [0.05, 0.1) is 24.2 Å². The van der Waals surface area contributed by atoms with Crippen LogP contribution in [0.15, 0.2) is 30.3 Å². The zero-order valence-corrected chi connectivity index (χ0v) is 9.59. The first kappa shape index (κ1) is 12.2. The predicted octanol–water partition coefficient (Wildman–Crippen LogP) is 2.31. The van der Waals surface area contributed by atoms with Gasteiger partial charge >= 0.3 is 0 Å². The molecular formula is C13H15N3. The number of hydrogen-bond acceptors (Lipinski definition) is 3. The fraction of sp³-hybridized carbons (Fsp3) is 0.385. The van der Waals surface area contributed by atoms with Crippen LogP contribution in [-0.2, 0) is 6.54 Å². The third kappa shape index (κ3) is 3.08. The van der Waals surface area contributed by atoms with E-state index in [4.69, 9.17) is 10.5 Å². The van der Waals surface area contributed by atoms with E-state index in [2.05, 4.69) is 12.1 Å². The number of hydrogen-bond donors (Lipinski definition) is 0. The summed E-state index contributed by atoms with van der Waals surface area (Å²) in [6.07, 6.45) is 0. The van der Waals surface area contributed by atoms with E-state index < -0.39 is 0 Å². The molecule has 0 saturated heterocycles. The quantitative estimate of drug-likeness (QED) is 0.771. The standard InChI is InChI=1S/C13H15N3/c1-11(8-14)16(12(2)9-15)10-13-6-4-3-5-7-13/h3-7,11-12H,10H2,1-2H3. The third-order valence-corrected chi connectivity index (χ3v) is 2.58. The molecule has 0 saturated carbocycles. The van der Waals surface area contributed by atoms with E-state index in [0.29, 0.717) is 6.54 Å². The third-order valence-electron chi connectivity index (χ3n) is 2.58. The molecule has 1 aromatic carbocycles. The van der Waals surface area contributed by atoms with Crippen molar-refractivity contribution in [3.63, 3.8) is 0 Å². The predicted molar refractivity (Wildman–Crippen MR) is 62.1 cm³/mol. The van der Waals surface area contributed by atoms with Gasteiger partial charge in [-0.3, -0.25) is 4.90 Å². The van der Waals surface area contributed by atoms with Gasteiger partial charge in [0.15, 0.2) is 0 Å². The van der Waals surface area contributed by atoms with E-state index in [9.17, 15) is 0 Å². The Hall–Kier alpha value is -1.84.